The summed E-state index contributed by atoms with van der Waals surface area (Å²) < 4.78 is 6.13. The van der Waals surface area contributed by atoms with Crippen LogP contribution in [0.2, 0.25) is 0 Å². The highest BCUT2D eigenvalue weighted by molar-refractivity contribution is 5.38. The normalized spacial score (nSPS) is 35.8. The summed E-state index contributed by atoms with van der Waals surface area (Å²) in [6.45, 7) is 13.1. The molecule has 0 bridgehead atoms. The molecule has 0 saturated heterocycles. The number of fused-ring (bicyclic) bond motifs is 1. The van der Waals surface area contributed by atoms with Crippen LogP contribution in [0, 0.1) is 35.0 Å². The third-order valence-electron chi connectivity index (χ3n) is 7.76. The van der Waals surface area contributed by atoms with Crippen molar-refractivity contribution in [3.05, 3.63) is 35.5 Å². The fraction of sp³-hybridized carbons (Fsp3) is 0.714. The molecule has 3 fully saturated rings. The molecule has 3 saturated carbocycles. The lowest BCUT2D eigenvalue weighted by atomic mass is 9.60. The Kier molecular flexibility index (Phi) is 8.10. The minimum absolute atomic E-state index is 0.135. The highest BCUT2D eigenvalue weighted by Gasteiger charge is 2.53. The minimum Gasteiger partial charge on any atom is -0.393 e. The number of aliphatic hydroxyl groups excluding tert-OH is 2. The Morgan fingerprint density at radius 3 is 2.69 bits per heavy atom. The van der Waals surface area contributed by atoms with Crippen molar-refractivity contribution in [3.63, 3.8) is 0 Å². The van der Waals surface area contributed by atoms with Gasteiger partial charge in [-0.2, -0.15) is 0 Å². The first-order valence-electron chi connectivity index (χ1n) is 12.3. The van der Waals surface area contributed by atoms with Crippen molar-refractivity contribution in [2.45, 2.75) is 90.4 Å². The molecule has 0 heterocycles. The van der Waals surface area contributed by atoms with Crippen LogP contribution >= 0.6 is 0 Å². The number of allylic oxidation sites excluding steroid dienone is 3. The van der Waals surface area contributed by atoms with Gasteiger partial charge in [0.2, 0.25) is 0 Å². The summed E-state index contributed by atoms with van der Waals surface area (Å²) in [7, 11) is 0. The number of ether oxygens (including phenoxy) is 1. The lowest BCUT2D eigenvalue weighted by molar-refractivity contribution is -0.0180. The average molecular weight is 443 g/mol. The molecule has 0 aromatic rings. The van der Waals surface area contributed by atoms with Gasteiger partial charge in [-0.25, -0.2) is 0 Å². The average Bonchev–Trinajstić information content (AvgIpc) is 3.08. The number of rotatable bonds is 5. The fourth-order valence-electron chi connectivity index (χ4n) is 6.38. The Labute approximate surface area is 194 Å². The number of hydrogen-bond donors (Lipinski definition) is 3. The van der Waals surface area contributed by atoms with E-state index in [9.17, 15) is 15.3 Å². The molecule has 0 aromatic carbocycles. The van der Waals surface area contributed by atoms with Crippen LogP contribution in [-0.2, 0) is 4.74 Å². The van der Waals surface area contributed by atoms with Crippen molar-refractivity contribution in [2.24, 2.45) is 23.2 Å². The molecule has 0 spiro atoms. The lowest BCUT2D eigenvalue weighted by Gasteiger charge is -2.46. The van der Waals surface area contributed by atoms with Gasteiger partial charge in [-0.15, -0.1) is 0 Å². The Bertz CT molecular complexity index is 804. The second-order valence-electron chi connectivity index (χ2n) is 11.0. The van der Waals surface area contributed by atoms with Crippen molar-refractivity contribution >= 4 is 0 Å². The van der Waals surface area contributed by atoms with Gasteiger partial charge < -0.3 is 20.1 Å². The van der Waals surface area contributed by atoms with Gasteiger partial charge in [0.25, 0.3) is 0 Å². The maximum Gasteiger partial charge on any atom is 0.120 e. The number of hydrogen-bond acceptors (Lipinski definition) is 4. The second-order valence-corrected chi connectivity index (χ2v) is 11.0. The molecule has 0 unspecified atom stereocenters. The fourth-order valence-corrected chi connectivity index (χ4v) is 6.38. The summed E-state index contributed by atoms with van der Waals surface area (Å²) >= 11 is 0. The maximum absolute atomic E-state index is 10.2. The Morgan fingerprint density at radius 2 is 2.00 bits per heavy atom. The second kappa shape index (κ2) is 10.3. The molecule has 178 valence electrons. The highest BCUT2D eigenvalue weighted by Crippen LogP contribution is 2.59. The van der Waals surface area contributed by atoms with E-state index >= 15 is 0 Å². The molecule has 3 aliphatic rings. The molecule has 3 rings (SSSR count). The van der Waals surface area contributed by atoms with E-state index in [1.54, 1.807) is 13.8 Å². The molecule has 3 N–H and O–H groups in total. The molecule has 5 atom stereocenters. The summed E-state index contributed by atoms with van der Waals surface area (Å²) in [5.41, 5.74) is 2.33. The van der Waals surface area contributed by atoms with E-state index < -0.39 is 17.8 Å². The van der Waals surface area contributed by atoms with Gasteiger partial charge in [0, 0.05) is 11.8 Å². The van der Waals surface area contributed by atoms with Gasteiger partial charge in [0.05, 0.1) is 18.8 Å². The monoisotopic (exact) mass is 442 g/mol. The van der Waals surface area contributed by atoms with Crippen molar-refractivity contribution in [2.75, 3.05) is 13.2 Å². The van der Waals surface area contributed by atoms with E-state index in [-0.39, 0.29) is 5.41 Å². The number of aliphatic hydroxyl groups is 3. The van der Waals surface area contributed by atoms with E-state index in [0.717, 1.165) is 24.0 Å². The van der Waals surface area contributed by atoms with Gasteiger partial charge in [-0.05, 0) is 81.3 Å². The topological polar surface area (TPSA) is 69.9 Å². The van der Waals surface area contributed by atoms with Crippen molar-refractivity contribution in [1.82, 2.24) is 0 Å². The molecule has 0 aliphatic heterocycles. The molecule has 0 amide bonds. The minimum atomic E-state index is -0.990. The summed E-state index contributed by atoms with van der Waals surface area (Å²) in [5.74, 6) is 7.54. The summed E-state index contributed by atoms with van der Waals surface area (Å²) in [6, 6.07) is 0. The molecule has 3 aliphatic carbocycles. The van der Waals surface area contributed by atoms with Crippen LogP contribution in [0.1, 0.15) is 72.6 Å². The van der Waals surface area contributed by atoms with Crippen molar-refractivity contribution in [1.29, 1.82) is 0 Å². The zero-order valence-corrected chi connectivity index (χ0v) is 20.4. The van der Waals surface area contributed by atoms with Gasteiger partial charge in [0.15, 0.2) is 0 Å². The predicted molar refractivity (Wildman–Crippen MR) is 129 cm³/mol. The Hall–Kier alpha value is -1.38. The van der Waals surface area contributed by atoms with Crippen LogP contribution in [-0.4, -0.2) is 46.3 Å². The van der Waals surface area contributed by atoms with Gasteiger partial charge in [0.1, 0.15) is 12.2 Å². The zero-order valence-electron chi connectivity index (χ0n) is 20.4. The van der Waals surface area contributed by atoms with Crippen LogP contribution in [0.4, 0.5) is 0 Å². The highest BCUT2D eigenvalue weighted by atomic mass is 16.5. The molecule has 4 nitrogen and oxygen atoms in total. The van der Waals surface area contributed by atoms with E-state index in [4.69, 9.17) is 4.74 Å². The summed E-state index contributed by atoms with van der Waals surface area (Å²) in [6.07, 6.45) is 9.97. The molecular formula is C28H42O4. The summed E-state index contributed by atoms with van der Waals surface area (Å²) in [5, 5.41) is 30.0. The van der Waals surface area contributed by atoms with E-state index in [1.165, 1.54) is 24.8 Å². The van der Waals surface area contributed by atoms with Gasteiger partial charge in [-0.1, -0.05) is 50.0 Å². The van der Waals surface area contributed by atoms with Crippen LogP contribution in [0.25, 0.3) is 0 Å². The van der Waals surface area contributed by atoms with Crippen LogP contribution in [0.5, 0.6) is 0 Å². The van der Waals surface area contributed by atoms with Crippen LogP contribution in [0.3, 0.4) is 0 Å². The lowest BCUT2D eigenvalue weighted by Crippen LogP contribution is -2.42. The van der Waals surface area contributed by atoms with Crippen molar-refractivity contribution < 1.29 is 20.1 Å². The first-order chi connectivity index (χ1) is 15.0. The van der Waals surface area contributed by atoms with E-state index in [2.05, 4.69) is 44.4 Å². The third-order valence-corrected chi connectivity index (χ3v) is 7.76. The Morgan fingerprint density at radius 1 is 1.25 bits per heavy atom. The smallest absolute Gasteiger partial charge is 0.120 e. The quantitative estimate of drug-likeness (QED) is 0.431. The molecule has 0 radical (unpaired) electrons. The van der Waals surface area contributed by atoms with Gasteiger partial charge in [-0.3, -0.25) is 0 Å². The molecule has 4 heteroatoms. The third kappa shape index (κ3) is 5.75. The predicted octanol–water partition coefficient (Wildman–Crippen LogP) is 4.55. The zero-order chi connectivity index (χ0) is 23.5. The van der Waals surface area contributed by atoms with E-state index in [1.807, 2.05) is 0 Å². The Balaban J connectivity index is 1.80. The van der Waals surface area contributed by atoms with Crippen LogP contribution in [0.15, 0.2) is 35.5 Å². The molecule has 0 aromatic heterocycles. The largest absolute Gasteiger partial charge is 0.393 e. The molecular weight excluding hydrogens is 400 g/mol. The van der Waals surface area contributed by atoms with Crippen LogP contribution < -0.4 is 0 Å². The van der Waals surface area contributed by atoms with E-state index in [0.29, 0.717) is 43.8 Å². The summed E-state index contributed by atoms with van der Waals surface area (Å²) in [4.78, 5) is 0. The van der Waals surface area contributed by atoms with Gasteiger partial charge >= 0.3 is 0 Å². The standard InChI is InChI=1S/C28H42O4/c1-19(2)24-11-12-25-21(9-10-22-16-23(29)17-26(30)20(22)3)8-6-14-28(24,25)18-32-15-7-13-27(4,5)31/h9-10,19,23-26,29-31H,3,6,8,11-12,14-18H2,1-2,4-5H3/b21-9+,22-10+/t23-,24-,25+,26+,28+/m1/s1. The first-order valence-corrected chi connectivity index (χ1v) is 12.3. The SMILES string of the molecule is C=C1/C(=C/C=C2\CCC[C@]3(COCC#CC(C)(C)O)[C@@H](C(C)C)CC[C@@H]23)C[C@@H](O)C[C@@H]1O. The van der Waals surface area contributed by atoms with Crippen molar-refractivity contribution in [3.8, 4) is 11.8 Å². The molecule has 32 heavy (non-hydrogen) atoms. The maximum atomic E-state index is 10.2. The first kappa shape index (κ1) is 25.2.